The van der Waals surface area contributed by atoms with Crippen molar-refractivity contribution in [3.05, 3.63) is 47.0 Å². The summed E-state index contributed by atoms with van der Waals surface area (Å²) in [4.78, 5) is 8.99. The first-order valence-electron chi connectivity index (χ1n) is 14.8. The lowest BCUT2D eigenvalue weighted by Crippen LogP contribution is -2.18. The molecular formula is C31H44F2N2O3. The van der Waals surface area contributed by atoms with Crippen molar-refractivity contribution in [2.75, 3.05) is 26.4 Å². The van der Waals surface area contributed by atoms with Gasteiger partial charge in [-0.1, -0.05) is 51.9 Å². The highest BCUT2D eigenvalue weighted by Gasteiger charge is 2.28. The molecule has 2 aliphatic carbocycles. The average molecular weight is 531 g/mol. The normalized spacial score (nSPS) is 16.9. The molecule has 2 aliphatic rings. The fraction of sp³-hybridized carbons (Fsp3) is 0.677. The van der Waals surface area contributed by atoms with E-state index in [1.807, 2.05) is 0 Å². The van der Waals surface area contributed by atoms with Crippen LogP contribution >= 0.6 is 0 Å². The molecule has 5 nitrogen and oxygen atoms in total. The zero-order chi connectivity index (χ0) is 26.6. The number of unbranched alkanes of at least 4 members (excludes halogenated alkanes) is 5. The summed E-state index contributed by atoms with van der Waals surface area (Å²) in [7, 11) is 0. The standard InChI is InChI=1S/C31H44F2N2O3/c1-2-3-15-36-16-8-9-18-38-28-20-24-13-14-25(19-27(24)29(32)30(28)33)31-34-21-26(22-35-31)37-17-7-5-4-6-10-23-11-12-23/h20-23,25H,2-19H2,1H3. The van der Waals surface area contributed by atoms with Gasteiger partial charge in [-0.3, -0.25) is 0 Å². The maximum Gasteiger partial charge on any atom is 0.200 e. The molecule has 0 aliphatic heterocycles. The number of hydrogen-bond donors (Lipinski definition) is 0. The largest absolute Gasteiger partial charge is 0.490 e. The number of nitrogens with zero attached hydrogens (tertiary/aromatic N) is 2. The Morgan fingerprint density at radius 1 is 0.816 bits per heavy atom. The van der Waals surface area contributed by atoms with Crippen LogP contribution in [0.15, 0.2) is 18.5 Å². The molecule has 1 aromatic carbocycles. The van der Waals surface area contributed by atoms with E-state index in [9.17, 15) is 4.39 Å². The highest BCUT2D eigenvalue weighted by Crippen LogP contribution is 2.37. The fourth-order valence-electron chi connectivity index (χ4n) is 5.07. The molecule has 0 N–H and O–H groups in total. The maximum absolute atomic E-state index is 15.0. The Labute approximate surface area is 226 Å². The molecule has 0 radical (unpaired) electrons. The van der Waals surface area contributed by atoms with E-state index in [1.54, 1.807) is 18.5 Å². The van der Waals surface area contributed by atoms with Gasteiger partial charge in [0.15, 0.2) is 17.3 Å². The Hall–Kier alpha value is -2.28. The highest BCUT2D eigenvalue weighted by atomic mass is 19.2. The van der Waals surface area contributed by atoms with Crippen LogP contribution in [0.4, 0.5) is 8.78 Å². The van der Waals surface area contributed by atoms with E-state index in [0.29, 0.717) is 49.8 Å². The molecule has 2 aromatic rings. The quantitative estimate of drug-likeness (QED) is 0.185. The zero-order valence-corrected chi connectivity index (χ0v) is 23.0. The van der Waals surface area contributed by atoms with E-state index in [4.69, 9.17) is 14.2 Å². The third kappa shape index (κ3) is 8.89. The second kappa shape index (κ2) is 15.3. The SMILES string of the molecule is CCCCOCCCCOc1cc2c(c(F)c1F)CC(c1ncc(OCCCCCCC3CC3)cn1)CC2. The van der Waals surface area contributed by atoms with E-state index < -0.39 is 11.6 Å². The minimum Gasteiger partial charge on any atom is -0.490 e. The van der Waals surface area contributed by atoms with Gasteiger partial charge in [-0.2, -0.15) is 4.39 Å². The molecule has 1 fully saturated rings. The van der Waals surface area contributed by atoms with Crippen molar-refractivity contribution in [1.82, 2.24) is 9.97 Å². The Balaban J connectivity index is 1.20. The Bertz CT molecular complexity index is 982. The number of aromatic nitrogens is 2. The van der Waals surface area contributed by atoms with Crippen LogP contribution in [0.5, 0.6) is 11.5 Å². The predicted octanol–water partition coefficient (Wildman–Crippen LogP) is 7.74. The molecular weight excluding hydrogens is 486 g/mol. The van der Waals surface area contributed by atoms with Gasteiger partial charge in [-0.05, 0) is 68.1 Å². The van der Waals surface area contributed by atoms with Crippen LogP contribution in [0.25, 0.3) is 0 Å². The molecule has 1 aromatic heterocycles. The van der Waals surface area contributed by atoms with Gasteiger partial charge in [0.05, 0.1) is 25.6 Å². The minimum atomic E-state index is -0.902. The maximum atomic E-state index is 15.0. The number of rotatable bonds is 18. The number of fused-ring (bicyclic) bond motifs is 1. The summed E-state index contributed by atoms with van der Waals surface area (Å²) in [6, 6.07) is 1.67. The predicted molar refractivity (Wildman–Crippen MR) is 145 cm³/mol. The molecule has 0 saturated heterocycles. The van der Waals surface area contributed by atoms with E-state index in [2.05, 4.69) is 16.9 Å². The molecule has 4 rings (SSSR count). The molecule has 210 valence electrons. The van der Waals surface area contributed by atoms with Gasteiger partial charge in [0.2, 0.25) is 5.82 Å². The molecule has 1 heterocycles. The second-order valence-corrected chi connectivity index (χ2v) is 10.9. The summed E-state index contributed by atoms with van der Waals surface area (Å²) in [5, 5.41) is 0. The number of ether oxygens (including phenoxy) is 3. The van der Waals surface area contributed by atoms with Gasteiger partial charge in [0, 0.05) is 19.1 Å². The van der Waals surface area contributed by atoms with Gasteiger partial charge in [-0.15, -0.1) is 0 Å². The molecule has 0 bridgehead atoms. The number of halogens is 2. The number of aryl methyl sites for hydroxylation is 1. The number of benzene rings is 1. The first-order chi connectivity index (χ1) is 18.7. The van der Waals surface area contributed by atoms with Gasteiger partial charge in [0.25, 0.3) is 0 Å². The van der Waals surface area contributed by atoms with E-state index in [1.165, 1.54) is 38.5 Å². The molecule has 1 saturated carbocycles. The van der Waals surface area contributed by atoms with Crippen molar-refractivity contribution in [3.63, 3.8) is 0 Å². The van der Waals surface area contributed by atoms with Crippen LogP contribution < -0.4 is 9.47 Å². The fourth-order valence-corrected chi connectivity index (χ4v) is 5.07. The van der Waals surface area contributed by atoms with Crippen molar-refractivity contribution in [2.24, 2.45) is 5.92 Å². The lowest BCUT2D eigenvalue weighted by Gasteiger charge is -2.25. The topological polar surface area (TPSA) is 53.5 Å². The third-order valence-electron chi connectivity index (χ3n) is 7.65. The first-order valence-corrected chi connectivity index (χ1v) is 14.8. The molecule has 0 spiro atoms. The van der Waals surface area contributed by atoms with Crippen LogP contribution in [-0.4, -0.2) is 36.4 Å². The Morgan fingerprint density at radius 2 is 1.53 bits per heavy atom. The van der Waals surface area contributed by atoms with Crippen LogP contribution in [0.1, 0.15) is 107 Å². The van der Waals surface area contributed by atoms with Crippen LogP contribution in [0.2, 0.25) is 0 Å². The van der Waals surface area contributed by atoms with Crippen molar-refractivity contribution < 1.29 is 23.0 Å². The van der Waals surface area contributed by atoms with E-state index in [0.717, 1.165) is 56.6 Å². The van der Waals surface area contributed by atoms with Crippen molar-refractivity contribution in [3.8, 4) is 11.5 Å². The monoisotopic (exact) mass is 530 g/mol. The summed E-state index contributed by atoms with van der Waals surface area (Å²) in [6.07, 6.45) is 18.1. The lowest BCUT2D eigenvalue weighted by atomic mass is 9.83. The molecule has 1 atom stereocenters. The Kier molecular flexibility index (Phi) is 11.6. The van der Waals surface area contributed by atoms with Crippen LogP contribution in [0.3, 0.4) is 0 Å². The minimum absolute atomic E-state index is 0.00673. The highest BCUT2D eigenvalue weighted by molar-refractivity contribution is 5.41. The first kappa shape index (κ1) is 28.7. The van der Waals surface area contributed by atoms with E-state index >= 15 is 4.39 Å². The van der Waals surface area contributed by atoms with Gasteiger partial charge in [0.1, 0.15) is 5.82 Å². The van der Waals surface area contributed by atoms with E-state index in [-0.39, 0.29) is 11.7 Å². The van der Waals surface area contributed by atoms with Crippen LogP contribution in [-0.2, 0) is 17.6 Å². The zero-order valence-electron chi connectivity index (χ0n) is 23.0. The molecule has 0 amide bonds. The molecule has 38 heavy (non-hydrogen) atoms. The van der Waals surface area contributed by atoms with Crippen molar-refractivity contribution in [1.29, 1.82) is 0 Å². The third-order valence-corrected chi connectivity index (χ3v) is 7.65. The van der Waals surface area contributed by atoms with Gasteiger partial charge in [-0.25, -0.2) is 14.4 Å². The van der Waals surface area contributed by atoms with Crippen molar-refractivity contribution in [2.45, 2.75) is 103 Å². The van der Waals surface area contributed by atoms with Gasteiger partial charge < -0.3 is 14.2 Å². The van der Waals surface area contributed by atoms with Gasteiger partial charge >= 0.3 is 0 Å². The van der Waals surface area contributed by atoms with Crippen molar-refractivity contribution >= 4 is 0 Å². The summed E-state index contributed by atoms with van der Waals surface area (Å²) < 4.78 is 46.7. The average Bonchev–Trinajstić information content (AvgIpc) is 3.77. The van der Waals surface area contributed by atoms with Crippen LogP contribution in [0, 0.1) is 17.6 Å². The summed E-state index contributed by atoms with van der Waals surface area (Å²) in [5.41, 5.74) is 1.23. The second-order valence-electron chi connectivity index (χ2n) is 10.9. The smallest absolute Gasteiger partial charge is 0.200 e. The summed E-state index contributed by atoms with van der Waals surface area (Å²) in [6.45, 7) is 4.58. The molecule has 1 unspecified atom stereocenters. The number of hydrogen-bond acceptors (Lipinski definition) is 5. The summed E-state index contributed by atoms with van der Waals surface area (Å²) >= 11 is 0. The summed E-state index contributed by atoms with van der Waals surface area (Å²) in [5.74, 6) is 0.591. The molecule has 7 heteroatoms. The Morgan fingerprint density at radius 3 is 2.32 bits per heavy atom. The lowest BCUT2D eigenvalue weighted by molar-refractivity contribution is 0.123.